The number of likely N-dealkylation sites (N-methyl/N-ethyl adjacent to an activating group) is 1. The number of thioether (sulfide) groups is 1. The number of nitrogens with zero attached hydrogens (tertiary/aromatic N) is 1. The van der Waals surface area contributed by atoms with E-state index in [-0.39, 0.29) is 17.6 Å². The number of para-hydroxylation sites is 1. The van der Waals surface area contributed by atoms with E-state index < -0.39 is 0 Å². The van der Waals surface area contributed by atoms with Crippen molar-refractivity contribution in [3.63, 3.8) is 0 Å². The first-order valence-electron chi connectivity index (χ1n) is 7.78. The molecule has 1 unspecified atom stereocenters. The molecule has 2 rings (SSSR count). The van der Waals surface area contributed by atoms with E-state index in [1.165, 1.54) is 11.8 Å². The van der Waals surface area contributed by atoms with Crippen LogP contribution in [0.3, 0.4) is 0 Å². The van der Waals surface area contributed by atoms with Gasteiger partial charge in [0.05, 0.1) is 18.0 Å². The van der Waals surface area contributed by atoms with Crippen molar-refractivity contribution in [2.45, 2.75) is 23.8 Å². The second kappa shape index (κ2) is 8.90. The highest BCUT2D eigenvalue weighted by Crippen LogP contribution is 2.26. The Morgan fingerprint density at radius 1 is 1.39 bits per heavy atom. The number of likely N-dealkylation sites (tertiary alicyclic amines) is 1. The maximum Gasteiger partial charge on any atom is 0.238 e. The molecule has 1 saturated heterocycles. The summed E-state index contributed by atoms with van der Waals surface area (Å²) in [5.41, 5.74) is 5.91. The number of hydrogen-bond donors (Lipinski definition) is 3. The third kappa shape index (κ3) is 5.85. The van der Waals surface area contributed by atoms with Crippen molar-refractivity contribution in [2.24, 2.45) is 5.73 Å². The van der Waals surface area contributed by atoms with Crippen LogP contribution in [0.1, 0.15) is 12.8 Å². The fraction of sp³-hybridized carbons (Fsp3) is 0.500. The van der Waals surface area contributed by atoms with Crippen molar-refractivity contribution in [2.75, 3.05) is 37.8 Å². The summed E-state index contributed by atoms with van der Waals surface area (Å²) in [4.78, 5) is 26.2. The maximum absolute atomic E-state index is 12.3. The van der Waals surface area contributed by atoms with Gasteiger partial charge < -0.3 is 16.4 Å². The highest BCUT2D eigenvalue weighted by Gasteiger charge is 2.20. The Morgan fingerprint density at radius 2 is 2.17 bits per heavy atom. The third-order valence-electron chi connectivity index (χ3n) is 3.81. The van der Waals surface area contributed by atoms with Gasteiger partial charge in [-0.05, 0) is 38.6 Å². The largest absolute Gasteiger partial charge is 0.369 e. The number of rotatable bonds is 7. The molecule has 23 heavy (non-hydrogen) atoms. The van der Waals surface area contributed by atoms with Crippen molar-refractivity contribution in [3.8, 4) is 0 Å². The summed E-state index contributed by atoms with van der Waals surface area (Å²) < 4.78 is 0. The molecule has 0 aliphatic carbocycles. The number of benzene rings is 1. The first kappa shape index (κ1) is 17.8. The van der Waals surface area contributed by atoms with Gasteiger partial charge in [-0.1, -0.05) is 12.1 Å². The fourth-order valence-electron chi connectivity index (χ4n) is 2.67. The first-order valence-corrected chi connectivity index (χ1v) is 8.76. The first-order chi connectivity index (χ1) is 11.1. The molecule has 0 bridgehead atoms. The Hall–Kier alpha value is -1.57. The molecule has 0 aromatic heterocycles. The minimum Gasteiger partial charge on any atom is -0.369 e. The van der Waals surface area contributed by atoms with Crippen LogP contribution in [0.2, 0.25) is 0 Å². The van der Waals surface area contributed by atoms with Crippen molar-refractivity contribution in [3.05, 3.63) is 24.3 Å². The van der Waals surface area contributed by atoms with E-state index in [0.29, 0.717) is 12.6 Å². The molecule has 1 fully saturated rings. The normalized spacial score (nSPS) is 18.6. The number of amides is 2. The van der Waals surface area contributed by atoms with Gasteiger partial charge in [0.1, 0.15) is 0 Å². The molecule has 0 radical (unpaired) electrons. The summed E-state index contributed by atoms with van der Waals surface area (Å²) in [6, 6.07) is 7.91. The van der Waals surface area contributed by atoms with Crippen molar-refractivity contribution in [1.82, 2.24) is 10.2 Å². The Labute approximate surface area is 141 Å². The van der Waals surface area contributed by atoms with Gasteiger partial charge in [-0.25, -0.2) is 0 Å². The fourth-order valence-corrected chi connectivity index (χ4v) is 3.42. The summed E-state index contributed by atoms with van der Waals surface area (Å²) in [6.45, 7) is 2.22. The molecule has 1 atom stereocenters. The molecule has 0 spiro atoms. The number of primary amides is 1. The van der Waals surface area contributed by atoms with Gasteiger partial charge in [0.2, 0.25) is 11.8 Å². The Balaban J connectivity index is 1.91. The molecule has 2 amide bonds. The van der Waals surface area contributed by atoms with E-state index in [2.05, 4.69) is 15.5 Å². The smallest absolute Gasteiger partial charge is 0.238 e. The minimum absolute atomic E-state index is 0.0334. The molecular weight excluding hydrogens is 312 g/mol. The summed E-state index contributed by atoms with van der Waals surface area (Å²) in [5.74, 6) is -0.209. The number of anilines is 1. The van der Waals surface area contributed by atoms with Crippen LogP contribution in [-0.4, -0.2) is 55.2 Å². The molecule has 6 nitrogen and oxygen atoms in total. The molecule has 126 valence electrons. The van der Waals surface area contributed by atoms with E-state index in [9.17, 15) is 9.59 Å². The van der Waals surface area contributed by atoms with Gasteiger partial charge in [-0.3, -0.25) is 14.5 Å². The number of carbonyl (C=O) groups excluding carboxylic acids is 2. The maximum atomic E-state index is 12.3. The topological polar surface area (TPSA) is 87.5 Å². The summed E-state index contributed by atoms with van der Waals surface area (Å²) >= 11 is 1.33. The predicted molar refractivity (Wildman–Crippen MR) is 93.5 cm³/mol. The zero-order valence-electron chi connectivity index (χ0n) is 13.4. The van der Waals surface area contributed by atoms with Gasteiger partial charge in [-0.2, -0.15) is 0 Å². The van der Waals surface area contributed by atoms with E-state index in [0.717, 1.165) is 36.5 Å². The highest BCUT2D eigenvalue weighted by atomic mass is 32.2. The average Bonchev–Trinajstić information content (AvgIpc) is 2.54. The summed E-state index contributed by atoms with van der Waals surface area (Å²) in [6.07, 6.45) is 2.26. The van der Waals surface area contributed by atoms with Crippen LogP contribution < -0.4 is 16.4 Å². The SMILES string of the molecule is CNC1CCCN(CC(=O)Nc2ccccc2SCC(N)=O)C1. The number of nitrogens with one attached hydrogen (secondary N) is 2. The van der Waals surface area contributed by atoms with Crippen LogP contribution in [-0.2, 0) is 9.59 Å². The van der Waals surface area contributed by atoms with Gasteiger partial charge >= 0.3 is 0 Å². The number of hydrogen-bond acceptors (Lipinski definition) is 5. The molecule has 1 heterocycles. The second-order valence-electron chi connectivity index (χ2n) is 5.66. The van der Waals surface area contributed by atoms with Crippen LogP contribution in [0.4, 0.5) is 5.69 Å². The zero-order valence-corrected chi connectivity index (χ0v) is 14.2. The monoisotopic (exact) mass is 336 g/mol. The molecule has 7 heteroatoms. The summed E-state index contributed by atoms with van der Waals surface area (Å²) in [5, 5.41) is 6.21. The highest BCUT2D eigenvalue weighted by molar-refractivity contribution is 8.00. The lowest BCUT2D eigenvalue weighted by Crippen LogP contribution is -2.46. The van der Waals surface area contributed by atoms with Crippen LogP contribution >= 0.6 is 11.8 Å². The molecular formula is C16H24N4O2S. The van der Waals surface area contributed by atoms with Crippen LogP contribution in [0.15, 0.2) is 29.2 Å². The van der Waals surface area contributed by atoms with Crippen molar-refractivity contribution in [1.29, 1.82) is 0 Å². The molecule has 1 aromatic carbocycles. The predicted octanol–water partition coefficient (Wildman–Crippen LogP) is 0.886. The van der Waals surface area contributed by atoms with Gasteiger partial charge in [0.15, 0.2) is 0 Å². The second-order valence-corrected chi connectivity index (χ2v) is 6.68. The Kier molecular flexibility index (Phi) is 6.88. The lowest BCUT2D eigenvalue weighted by atomic mass is 10.1. The minimum atomic E-state index is -0.373. The Morgan fingerprint density at radius 3 is 2.91 bits per heavy atom. The number of carbonyl (C=O) groups is 2. The van der Waals surface area contributed by atoms with E-state index in [1.54, 1.807) is 0 Å². The third-order valence-corrected chi connectivity index (χ3v) is 4.91. The van der Waals surface area contributed by atoms with Crippen LogP contribution in [0, 0.1) is 0 Å². The van der Waals surface area contributed by atoms with Gasteiger partial charge in [0, 0.05) is 17.5 Å². The lowest BCUT2D eigenvalue weighted by molar-refractivity contribution is -0.117. The molecule has 1 aliphatic rings. The molecule has 4 N–H and O–H groups in total. The van der Waals surface area contributed by atoms with E-state index in [1.807, 2.05) is 31.3 Å². The van der Waals surface area contributed by atoms with E-state index in [4.69, 9.17) is 5.73 Å². The standard InChI is InChI=1S/C16H24N4O2S/c1-18-12-5-4-8-20(9-12)10-16(22)19-13-6-2-3-7-14(13)23-11-15(17)21/h2-3,6-7,12,18H,4-5,8-11H2,1H3,(H2,17,21)(H,19,22). The lowest BCUT2D eigenvalue weighted by Gasteiger charge is -2.31. The van der Waals surface area contributed by atoms with Crippen LogP contribution in [0.5, 0.6) is 0 Å². The van der Waals surface area contributed by atoms with E-state index >= 15 is 0 Å². The van der Waals surface area contributed by atoms with Crippen LogP contribution in [0.25, 0.3) is 0 Å². The Bertz CT molecular complexity index is 553. The average molecular weight is 336 g/mol. The molecule has 1 aromatic rings. The zero-order chi connectivity index (χ0) is 16.7. The molecule has 0 saturated carbocycles. The quantitative estimate of drug-likeness (QED) is 0.644. The number of nitrogens with two attached hydrogens (primary N) is 1. The van der Waals surface area contributed by atoms with Crippen molar-refractivity contribution < 1.29 is 9.59 Å². The van der Waals surface area contributed by atoms with Crippen molar-refractivity contribution >= 4 is 29.3 Å². The summed E-state index contributed by atoms with van der Waals surface area (Å²) in [7, 11) is 1.96. The molecule has 1 aliphatic heterocycles. The van der Waals surface area contributed by atoms with Gasteiger partial charge in [-0.15, -0.1) is 11.8 Å². The number of piperidine rings is 1. The van der Waals surface area contributed by atoms with Gasteiger partial charge in [0.25, 0.3) is 0 Å².